The summed E-state index contributed by atoms with van der Waals surface area (Å²) in [6, 6.07) is 15.9. The molecule has 37 heavy (non-hydrogen) atoms. The van der Waals surface area contributed by atoms with Crippen molar-refractivity contribution in [3.05, 3.63) is 83.2 Å². The van der Waals surface area contributed by atoms with Gasteiger partial charge in [-0.05, 0) is 86.3 Å². The molecule has 0 radical (unpaired) electrons. The van der Waals surface area contributed by atoms with E-state index in [1.165, 1.54) is 33.3 Å². The second-order valence-electron chi connectivity index (χ2n) is 9.04. The number of carbonyl (C=O) groups excluding carboxylic acids is 1. The number of aromatic nitrogens is 2. The third kappa shape index (κ3) is 5.89. The third-order valence-corrected chi connectivity index (χ3v) is 9.15. The van der Waals surface area contributed by atoms with Crippen molar-refractivity contribution in [3.8, 4) is 0 Å². The number of nitrogens with zero attached hydrogens (tertiary/aromatic N) is 4. The minimum absolute atomic E-state index is 0.188. The van der Waals surface area contributed by atoms with Gasteiger partial charge in [0.05, 0.1) is 27.4 Å². The molecule has 0 saturated heterocycles. The normalized spacial score (nSPS) is 11.8. The maximum absolute atomic E-state index is 13.8. The zero-order valence-corrected chi connectivity index (χ0v) is 23.3. The average Bonchev–Trinajstić information content (AvgIpc) is 3.30. The van der Waals surface area contributed by atoms with E-state index < -0.39 is 10.0 Å². The lowest BCUT2D eigenvalue weighted by Gasteiger charge is -2.22. The fraction of sp³-hybridized carbons (Fsp3) is 0.321. The zero-order chi connectivity index (χ0) is 26.6. The summed E-state index contributed by atoms with van der Waals surface area (Å²) in [5.74, 6) is -0.263. The highest BCUT2D eigenvalue weighted by atomic mass is 32.2. The molecule has 7 nitrogen and oxygen atoms in total. The van der Waals surface area contributed by atoms with E-state index >= 15 is 0 Å². The number of sulfonamides is 1. The molecule has 0 bridgehead atoms. The van der Waals surface area contributed by atoms with E-state index in [0.29, 0.717) is 23.8 Å². The molecular formula is C28H32N4O3S2. The van der Waals surface area contributed by atoms with Gasteiger partial charge in [-0.25, -0.2) is 13.4 Å². The molecule has 0 aliphatic carbocycles. The number of rotatable bonds is 10. The van der Waals surface area contributed by atoms with Gasteiger partial charge in [0.25, 0.3) is 5.91 Å². The largest absolute Gasteiger partial charge is 0.278 e. The van der Waals surface area contributed by atoms with Gasteiger partial charge in [0.15, 0.2) is 5.13 Å². The second-order valence-corrected chi connectivity index (χ2v) is 12.0. The Hall–Kier alpha value is -3.14. The Balaban J connectivity index is 1.69. The van der Waals surface area contributed by atoms with Crippen molar-refractivity contribution >= 4 is 42.6 Å². The van der Waals surface area contributed by atoms with Crippen molar-refractivity contribution in [2.24, 2.45) is 0 Å². The number of pyridine rings is 1. The first-order valence-electron chi connectivity index (χ1n) is 12.4. The predicted molar refractivity (Wildman–Crippen MR) is 150 cm³/mol. The van der Waals surface area contributed by atoms with E-state index in [2.05, 4.69) is 18.0 Å². The van der Waals surface area contributed by atoms with E-state index in [9.17, 15) is 13.2 Å². The Morgan fingerprint density at radius 1 is 0.946 bits per heavy atom. The number of amides is 1. The van der Waals surface area contributed by atoms with E-state index in [4.69, 9.17) is 4.98 Å². The fourth-order valence-corrected chi connectivity index (χ4v) is 6.76. The number of benzene rings is 2. The van der Waals surface area contributed by atoms with Crippen LogP contribution in [-0.2, 0) is 16.6 Å². The van der Waals surface area contributed by atoms with Crippen LogP contribution in [0, 0.1) is 13.8 Å². The number of anilines is 1. The fourth-order valence-electron chi connectivity index (χ4n) is 4.09. The average molecular weight is 537 g/mol. The van der Waals surface area contributed by atoms with Crippen LogP contribution in [0.4, 0.5) is 5.13 Å². The van der Waals surface area contributed by atoms with E-state index in [1.54, 1.807) is 23.2 Å². The van der Waals surface area contributed by atoms with Crippen LogP contribution in [0.3, 0.4) is 0 Å². The molecular weight excluding hydrogens is 504 g/mol. The zero-order valence-electron chi connectivity index (χ0n) is 21.6. The molecule has 194 valence electrons. The van der Waals surface area contributed by atoms with Crippen molar-refractivity contribution in [1.29, 1.82) is 0 Å². The molecule has 0 saturated carbocycles. The Bertz CT molecular complexity index is 1440. The standard InChI is InChI=1S/C28H32N4O3S2/c1-5-15-31(16-6-2)37(34,35)24-12-10-22(11-13-24)27(33)32(19-23-9-7-8-14-29-23)28-30-25-17-20(3)21(4)18-26(25)36-28/h7-14,17-18H,5-6,15-16,19H2,1-4H3. The Kier molecular flexibility index (Phi) is 8.36. The van der Waals surface area contributed by atoms with Gasteiger partial charge in [0.2, 0.25) is 10.0 Å². The highest BCUT2D eigenvalue weighted by Gasteiger charge is 2.26. The number of thiazole rings is 1. The highest BCUT2D eigenvalue weighted by Crippen LogP contribution is 2.32. The van der Waals surface area contributed by atoms with Crippen molar-refractivity contribution in [1.82, 2.24) is 14.3 Å². The topological polar surface area (TPSA) is 83.5 Å². The molecule has 0 unspecified atom stereocenters. The number of hydrogen-bond donors (Lipinski definition) is 0. The van der Waals surface area contributed by atoms with Gasteiger partial charge < -0.3 is 0 Å². The van der Waals surface area contributed by atoms with Crippen LogP contribution in [0.25, 0.3) is 10.2 Å². The first-order chi connectivity index (χ1) is 17.7. The van der Waals surface area contributed by atoms with Crippen LogP contribution in [0.15, 0.2) is 65.7 Å². The predicted octanol–water partition coefficient (Wildman–Crippen LogP) is 5.97. The number of carbonyl (C=O) groups is 1. The molecule has 2 heterocycles. The number of fused-ring (bicyclic) bond motifs is 1. The van der Waals surface area contributed by atoms with Gasteiger partial charge >= 0.3 is 0 Å². The summed E-state index contributed by atoms with van der Waals surface area (Å²) in [5.41, 5.74) is 4.28. The van der Waals surface area contributed by atoms with Gasteiger partial charge in [-0.3, -0.25) is 14.7 Å². The van der Waals surface area contributed by atoms with E-state index in [1.807, 2.05) is 45.0 Å². The summed E-state index contributed by atoms with van der Waals surface area (Å²) >= 11 is 1.46. The minimum atomic E-state index is -3.63. The second kappa shape index (κ2) is 11.5. The highest BCUT2D eigenvalue weighted by molar-refractivity contribution is 7.89. The number of hydrogen-bond acceptors (Lipinski definition) is 6. The maximum atomic E-state index is 13.8. The molecule has 0 atom stereocenters. The Labute approximate surface area is 222 Å². The molecule has 4 rings (SSSR count). The van der Waals surface area contributed by atoms with Crippen molar-refractivity contribution in [2.75, 3.05) is 18.0 Å². The van der Waals surface area contributed by atoms with Crippen molar-refractivity contribution < 1.29 is 13.2 Å². The third-order valence-electron chi connectivity index (χ3n) is 6.20. The summed E-state index contributed by atoms with van der Waals surface area (Å²) in [6.07, 6.45) is 3.17. The molecule has 0 aliphatic rings. The molecule has 2 aromatic heterocycles. The minimum Gasteiger partial charge on any atom is -0.278 e. The first-order valence-corrected chi connectivity index (χ1v) is 14.7. The lowest BCUT2D eigenvalue weighted by Crippen LogP contribution is -2.33. The van der Waals surface area contributed by atoms with Crippen LogP contribution in [0.2, 0.25) is 0 Å². The van der Waals surface area contributed by atoms with Crippen LogP contribution < -0.4 is 4.90 Å². The molecule has 0 fully saturated rings. The molecule has 9 heteroatoms. The van der Waals surface area contributed by atoms with E-state index in [0.717, 1.165) is 34.3 Å². The van der Waals surface area contributed by atoms with Crippen molar-refractivity contribution in [2.45, 2.75) is 52.0 Å². The van der Waals surface area contributed by atoms with Crippen molar-refractivity contribution in [3.63, 3.8) is 0 Å². The summed E-state index contributed by atoms with van der Waals surface area (Å²) in [6.45, 7) is 9.20. The molecule has 0 aliphatic heterocycles. The van der Waals surface area contributed by atoms with Gasteiger partial charge in [-0.2, -0.15) is 4.31 Å². The first kappa shape index (κ1) is 26.9. The summed E-state index contributed by atoms with van der Waals surface area (Å²) in [5, 5.41) is 0.574. The Morgan fingerprint density at radius 3 is 2.24 bits per heavy atom. The molecule has 4 aromatic rings. The lowest BCUT2D eigenvalue weighted by molar-refractivity contribution is 0.0984. The summed E-state index contributed by atoms with van der Waals surface area (Å²) in [4.78, 5) is 24.7. The monoisotopic (exact) mass is 536 g/mol. The molecule has 0 N–H and O–H groups in total. The molecule has 2 aromatic carbocycles. The summed E-state index contributed by atoms with van der Waals surface area (Å²) < 4.78 is 28.8. The van der Waals surface area contributed by atoms with E-state index in [-0.39, 0.29) is 17.3 Å². The van der Waals surface area contributed by atoms with Gasteiger partial charge in [0, 0.05) is 24.8 Å². The van der Waals surface area contributed by atoms with Crippen LogP contribution in [0.5, 0.6) is 0 Å². The Morgan fingerprint density at radius 2 is 1.62 bits per heavy atom. The van der Waals surface area contributed by atoms with Crippen LogP contribution >= 0.6 is 11.3 Å². The lowest BCUT2D eigenvalue weighted by atomic mass is 10.1. The quantitative estimate of drug-likeness (QED) is 0.249. The molecule has 1 amide bonds. The molecule has 0 spiro atoms. The van der Waals surface area contributed by atoms with Gasteiger partial charge in [-0.15, -0.1) is 0 Å². The van der Waals surface area contributed by atoms with Crippen LogP contribution in [-0.4, -0.2) is 41.7 Å². The SMILES string of the molecule is CCCN(CCC)S(=O)(=O)c1ccc(C(=O)N(Cc2ccccn2)c2nc3cc(C)c(C)cc3s2)cc1. The maximum Gasteiger partial charge on any atom is 0.260 e. The summed E-state index contributed by atoms with van der Waals surface area (Å²) in [7, 11) is -3.63. The van der Waals surface area contributed by atoms with Gasteiger partial charge in [-0.1, -0.05) is 31.3 Å². The smallest absolute Gasteiger partial charge is 0.260 e. The van der Waals surface area contributed by atoms with Crippen LogP contribution in [0.1, 0.15) is 53.9 Å². The van der Waals surface area contributed by atoms with Gasteiger partial charge in [0.1, 0.15) is 0 Å². The number of aryl methyl sites for hydroxylation is 2.